The van der Waals surface area contributed by atoms with Gasteiger partial charge >= 0.3 is 0 Å². The number of rotatable bonds is 5. The third-order valence-electron chi connectivity index (χ3n) is 2.95. The summed E-state index contributed by atoms with van der Waals surface area (Å²) in [5, 5.41) is 3.18. The number of aryl methyl sites for hydroxylation is 1. The van der Waals surface area contributed by atoms with Crippen molar-refractivity contribution in [3.8, 4) is 0 Å². The van der Waals surface area contributed by atoms with Crippen LogP contribution >= 0.6 is 0 Å². The lowest BCUT2D eigenvalue weighted by molar-refractivity contribution is 0.560. The fourth-order valence-electron chi connectivity index (χ4n) is 1.96. The van der Waals surface area contributed by atoms with Crippen LogP contribution in [-0.2, 0) is 23.6 Å². The Morgan fingerprint density at radius 2 is 2.47 bits per heavy atom. The molecule has 0 aromatic carbocycles. The summed E-state index contributed by atoms with van der Waals surface area (Å²) < 4.78 is 28.0. The molecule has 96 valence electrons. The fourth-order valence-corrected chi connectivity index (χ4v) is 3.25. The number of hydrogen-bond donors (Lipinski definition) is 2. The highest BCUT2D eigenvalue weighted by molar-refractivity contribution is 7.89. The highest BCUT2D eigenvalue weighted by Gasteiger charge is 2.21. The summed E-state index contributed by atoms with van der Waals surface area (Å²) in [6.07, 6.45) is 5.44. The van der Waals surface area contributed by atoms with Gasteiger partial charge in [-0.15, -0.1) is 0 Å². The van der Waals surface area contributed by atoms with E-state index in [4.69, 9.17) is 0 Å². The average Bonchev–Trinajstić information content (AvgIpc) is 2.87. The molecule has 1 saturated heterocycles. The van der Waals surface area contributed by atoms with Gasteiger partial charge in [0.05, 0.1) is 12.3 Å². The van der Waals surface area contributed by atoms with Crippen molar-refractivity contribution in [2.24, 2.45) is 7.05 Å². The van der Waals surface area contributed by atoms with Crippen LogP contribution in [0.5, 0.6) is 0 Å². The summed E-state index contributed by atoms with van der Waals surface area (Å²) in [4.78, 5) is 4.07. The molecule has 1 unspecified atom stereocenters. The number of nitrogens with zero attached hydrogens (tertiary/aromatic N) is 2. The van der Waals surface area contributed by atoms with E-state index in [0.717, 1.165) is 19.4 Å². The van der Waals surface area contributed by atoms with Crippen LogP contribution in [0, 0.1) is 0 Å². The van der Waals surface area contributed by atoms with Gasteiger partial charge in [-0.1, -0.05) is 0 Å². The van der Waals surface area contributed by atoms with E-state index in [1.807, 2.05) is 7.05 Å². The zero-order chi connectivity index (χ0) is 12.3. The number of aromatic nitrogens is 2. The first-order valence-electron chi connectivity index (χ1n) is 5.74. The molecule has 1 aliphatic rings. The van der Waals surface area contributed by atoms with E-state index >= 15 is 0 Å². The van der Waals surface area contributed by atoms with Gasteiger partial charge in [-0.05, 0) is 19.4 Å². The van der Waals surface area contributed by atoms with Crippen LogP contribution < -0.4 is 10.0 Å². The van der Waals surface area contributed by atoms with E-state index in [1.165, 1.54) is 0 Å². The lowest BCUT2D eigenvalue weighted by Gasteiger charge is -2.11. The molecule has 2 rings (SSSR count). The molecule has 17 heavy (non-hydrogen) atoms. The fraction of sp³-hybridized carbons (Fsp3) is 0.700. The minimum Gasteiger partial charge on any atom is -0.337 e. The molecule has 1 aromatic heterocycles. The lowest BCUT2D eigenvalue weighted by Crippen LogP contribution is -2.36. The smallest absolute Gasteiger partial charge is 0.213 e. The van der Waals surface area contributed by atoms with Crippen molar-refractivity contribution in [1.29, 1.82) is 0 Å². The number of hydrogen-bond acceptors (Lipinski definition) is 4. The van der Waals surface area contributed by atoms with Crippen molar-refractivity contribution >= 4 is 10.0 Å². The standard InChI is InChI=1S/C10H18N4O2S/c1-14-6-5-12-10(14)7-13-17(15,16)8-9-3-2-4-11-9/h5-6,9,11,13H,2-4,7-8H2,1H3. The molecule has 1 aliphatic heterocycles. The van der Waals surface area contributed by atoms with E-state index in [9.17, 15) is 8.42 Å². The third kappa shape index (κ3) is 3.52. The molecule has 0 saturated carbocycles. The van der Waals surface area contributed by atoms with Crippen LogP contribution in [0.3, 0.4) is 0 Å². The van der Waals surface area contributed by atoms with Gasteiger partial charge in [0.25, 0.3) is 0 Å². The Kier molecular flexibility index (Phi) is 3.80. The predicted molar refractivity (Wildman–Crippen MR) is 64.9 cm³/mol. The van der Waals surface area contributed by atoms with Crippen molar-refractivity contribution in [3.63, 3.8) is 0 Å². The van der Waals surface area contributed by atoms with Gasteiger partial charge in [0.15, 0.2) is 0 Å². The first kappa shape index (κ1) is 12.5. The monoisotopic (exact) mass is 258 g/mol. The summed E-state index contributed by atoms with van der Waals surface area (Å²) in [6.45, 7) is 1.16. The minimum atomic E-state index is -3.22. The molecule has 2 heterocycles. The van der Waals surface area contributed by atoms with E-state index < -0.39 is 10.0 Å². The van der Waals surface area contributed by atoms with Gasteiger partial charge in [0.2, 0.25) is 10.0 Å². The van der Waals surface area contributed by atoms with Gasteiger partial charge in [-0.2, -0.15) is 0 Å². The quantitative estimate of drug-likeness (QED) is 0.753. The van der Waals surface area contributed by atoms with E-state index in [-0.39, 0.29) is 18.3 Å². The SMILES string of the molecule is Cn1ccnc1CNS(=O)(=O)CC1CCCN1. The van der Waals surface area contributed by atoms with Crippen LogP contribution in [0.2, 0.25) is 0 Å². The van der Waals surface area contributed by atoms with Gasteiger partial charge < -0.3 is 9.88 Å². The van der Waals surface area contributed by atoms with E-state index in [0.29, 0.717) is 5.82 Å². The second-order valence-electron chi connectivity index (χ2n) is 4.35. The van der Waals surface area contributed by atoms with E-state index in [1.54, 1.807) is 17.0 Å². The maximum Gasteiger partial charge on any atom is 0.213 e. The maximum atomic E-state index is 11.8. The Balaban J connectivity index is 1.87. The van der Waals surface area contributed by atoms with Crippen LogP contribution in [0.15, 0.2) is 12.4 Å². The predicted octanol–water partition coefficient (Wildman–Crippen LogP) is -0.408. The summed E-state index contributed by atoms with van der Waals surface area (Å²) in [5.74, 6) is 0.866. The van der Waals surface area contributed by atoms with Crippen molar-refractivity contribution in [1.82, 2.24) is 19.6 Å². The Labute approximate surface area is 101 Å². The van der Waals surface area contributed by atoms with E-state index in [2.05, 4.69) is 15.0 Å². The first-order chi connectivity index (χ1) is 8.07. The lowest BCUT2D eigenvalue weighted by atomic mass is 10.3. The van der Waals surface area contributed by atoms with Crippen LogP contribution in [0.4, 0.5) is 0 Å². The number of nitrogens with one attached hydrogen (secondary N) is 2. The molecule has 0 radical (unpaired) electrons. The van der Waals surface area contributed by atoms with Crippen molar-refractivity contribution in [2.45, 2.75) is 25.4 Å². The van der Waals surface area contributed by atoms with Gasteiger partial charge in [0.1, 0.15) is 5.82 Å². The molecular formula is C10H18N4O2S. The van der Waals surface area contributed by atoms with Crippen LogP contribution in [0.25, 0.3) is 0 Å². The summed E-state index contributed by atoms with van der Waals surface area (Å²) in [7, 11) is -1.38. The molecule has 1 aromatic rings. The topological polar surface area (TPSA) is 76.0 Å². The van der Waals surface area contributed by atoms with Crippen molar-refractivity contribution in [3.05, 3.63) is 18.2 Å². The molecule has 0 spiro atoms. The maximum absolute atomic E-state index is 11.8. The largest absolute Gasteiger partial charge is 0.337 e. The average molecular weight is 258 g/mol. The summed E-state index contributed by atoms with van der Waals surface area (Å²) in [6, 6.07) is 0.0915. The Morgan fingerprint density at radius 1 is 1.65 bits per heavy atom. The Bertz CT molecular complexity index is 462. The zero-order valence-electron chi connectivity index (χ0n) is 9.89. The van der Waals surface area contributed by atoms with Gasteiger partial charge in [-0.25, -0.2) is 18.1 Å². The molecule has 0 aliphatic carbocycles. The Hall–Kier alpha value is -0.920. The third-order valence-corrected chi connectivity index (χ3v) is 4.38. The molecule has 7 heteroatoms. The summed E-state index contributed by atoms with van der Waals surface area (Å²) >= 11 is 0. The molecule has 2 N–H and O–H groups in total. The summed E-state index contributed by atoms with van der Waals surface area (Å²) in [5.41, 5.74) is 0. The number of sulfonamides is 1. The highest BCUT2D eigenvalue weighted by atomic mass is 32.2. The van der Waals surface area contributed by atoms with Crippen LogP contribution in [-0.4, -0.2) is 36.3 Å². The number of imidazole rings is 1. The molecule has 0 amide bonds. The molecular weight excluding hydrogens is 240 g/mol. The second kappa shape index (κ2) is 5.16. The molecule has 6 nitrogen and oxygen atoms in total. The van der Waals surface area contributed by atoms with Gasteiger partial charge in [0, 0.05) is 25.5 Å². The normalized spacial score (nSPS) is 20.9. The van der Waals surface area contributed by atoms with Crippen molar-refractivity contribution in [2.75, 3.05) is 12.3 Å². The van der Waals surface area contributed by atoms with Crippen molar-refractivity contribution < 1.29 is 8.42 Å². The van der Waals surface area contributed by atoms with Crippen LogP contribution in [0.1, 0.15) is 18.7 Å². The molecule has 1 atom stereocenters. The van der Waals surface area contributed by atoms with Gasteiger partial charge in [-0.3, -0.25) is 0 Å². The minimum absolute atomic E-state index is 0.0915. The molecule has 1 fully saturated rings. The first-order valence-corrected chi connectivity index (χ1v) is 7.39. The second-order valence-corrected chi connectivity index (χ2v) is 6.20. The Morgan fingerprint density at radius 3 is 3.06 bits per heavy atom. The zero-order valence-corrected chi connectivity index (χ0v) is 10.7. The molecule has 0 bridgehead atoms. The highest BCUT2D eigenvalue weighted by Crippen LogP contribution is 2.07.